The number of methoxy groups -OCH3 is 1. The summed E-state index contributed by atoms with van der Waals surface area (Å²) in [5, 5.41) is 23.8. The molecule has 4 N–H and O–H groups in total. The Labute approximate surface area is 337 Å². The highest BCUT2D eigenvalue weighted by Crippen LogP contribution is 2.95. The lowest BCUT2D eigenvalue weighted by atomic mass is 9.25. The topological polar surface area (TPSA) is 164 Å². The van der Waals surface area contributed by atoms with Crippen molar-refractivity contribution in [2.75, 3.05) is 57.7 Å². The number of likely N-dealkylation sites (N-methyl/N-ethyl adjacent to an activating group) is 1. The van der Waals surface area contributed by atoms with E-state index in [1.54, 1.807) is 13.2 Å². The van der Waals surface area contributed by atoms with Gasteiger partial charge in [-0.25, -0.2) is 14.8 Å². The Bertz CT molecular complexity index is 2350. The number of pyridine rings is 1. The van der Waals surface area contributed by atoms with Crippen molar-refractivity contribution in [2.24, 2.45) is 32.4 Å². The predicted octanol–water partition coefficient (Wildman–Crippen LogP) is 7.39. The third-order valence-electron chi connectivity index (χ3n) is 14.3. The maximum absolute atomic E-state index is 12.9. The van der Waals surface area contributed by atoms with Crippen molar-refractivity contribution in [1.82, 2.24) is 25.1 Å². The summed E-state index contributed by atoms with van der Waals surface area (Å²) >= 11 is 1.54. The molecule has 4 fully saturated rings. The lowest BCUT2D eigenvalue weighted by Gasteiger charge is -2.82. The number of hydrogen-bond acceptors (Lipinski definition) is 13. The zero-order valence-electron chi connectivity index (χ0n) is 34.0. The molecule has 1 aliphatic heterocycles. The third-order valence-corrected chi connectivity index (χ3v) is 15.3. The number of carboxylic acid groups (broad SMARTS) is 1. The minimum absolute atomic E-state index is 0.000621. The molecule has 13 nitrogen and oxygen atoms in total. The van der Waals surface area contributed by atoms with Crippen LogP contribution < -0.4 is 20.7 Å². The number of nitrogens with zero attached hydrogens (tertiary/aromatic N) is 7. The van der Waals surface area contributed by atoms with Gasteiger partial charge in [-0.15, -0.1) is 10.2 Å². The molecule has 1 spiro atoms. The second-order valence-electron chi connectivity index (χ2n) is 18.1. The molecule has 4 heterocycles. The highest BCUT2D eigenvalue weighted by molar-refractivity contribution is 7.22. The summed E-state index contributed by atoms with van der Waals surface area (Å²) in [6.07, 6.45) is 8.83. The Morgan fingerprint density at radius 3 is 2.58 bits per heavy atom. The predicted molar refractivity (Wildman–Crippen MR) is 224 cm³/mol. The molecule has 9 rings (SSSR count). The van der Waals surface area contributed by atoms with Crippen LogP contribution in [0, 0.1) is 28.6 Å². The van der Waals surface area contributed by atoms with Crippen LogP contribution in [-0.2, 0) is 11.2 Å². The molecule has 0 saturated heterocycles. The molecule has 57 heavy (non-hydrogen) atoms. The number of aliphatic imine (C=N–C) groups is 1. The van der Waals surface area contributed by atoms with Gasteiger partial charge in [-0.2, -0.15) is 0 Å². The van der Waals surface area contributed by atoms with Crippen molar-refractivity contribution in [3.8, 4) is 5.75 Å². The Hall–Kier alpha value is -4.66. The van der Waals surface area contributed by atoms with Crippen molar-refractivity contribution in [1.29, 1.82) is 0 Å². The number of ether oxygens (including phenoxy) is 2. The molecule has 4 saturated carbocycles. The molecular weight excluding hydrogens is 739 g/mol. The molecule has 2 atom stereocenters. The molecule has 3 aromatic heterocycles. The summed E-state index contributed by atoms with van der Waals surface area (Å²) in [5.74, 6) is 1.43. The van der Waals surface area contributed by atoms with Crippen LogP contribution in [0.2, 0.25) is 0 Å². The molecule has 0 amide bonds. The summed E-state index contributed by atoms with van der Waals surface area (Å²) < 4.78 is 13.2. The summed E-state index contributed by atoms with van der Waals surface area (Å²) in [5.41, 5.74) is 11.7. The largest absolute Gasteiger partial charge is 0.497 e. The first-order chi connectivity index (χ1) is 27.2. The molecule has 4 aliphatic carbocycles. The first kappa shape index (κ1) is 37.9. The highest BCUT2D eigenvalue weighted by atomic mass is 32.1. The summed E-state index contributed by atoms with van der Waals surface area (Å²) in [6.45, 7) is 12.0. The van der Waals surface area contributed by atoms with E-state index in [-0.39, 0.29) is 33.0 Å². The number of rotatable bonds is 13. The van der Waals surface area contributed by atoms with Gasteiger partial charge < -0.3 is 35.4 Å². The molecular formula is C43H53N9O4S. The molecule has 14 heteroatoms. The van der Waals surface area contributed by atoms with Gasteiger partial charge in [-0.05, 0) is 113 Å². The number of carbonyl (C=O) groups is 1. The van der Waals surface area contributed by atoms with Gasteiger partial charge in [-0.1, -0.05) is 25.2 Å². The van der Waals surface area contributed by atoms with E-state index in [0.717, 1.165) is 90.9 Å². The monoisotopic (exact) mass is 791 g/mol. The number of aromatic nitrogens is 4. The van der Waals surface area contributed by atoms with Crippen LogP contribution >= 0.6 is 11.3 Å². The van der Waals surface area contributed by atoms with Crippen LogP contribution in [0.5, 0.6) is 5.75 Å². The second kappa shape index (κ2) is 13.2. The fraction of sp³-hybridized carbons (Fsp3) is 0.535. The SMILES string of the molecule is COc1ccc2sc(Nc3nnc4c(c3C)CCCN4c3ccc(C(=CN)C(C)=NCC45CC6(C)CC7(OCCN(C)C)CC(C)(C4)C67C5)c(C(=O)O)n3)nc2c1. The van der Waals surface area contributed by atoms with Crippen LogP contribution in [-0.4, -0.2) is 94.9 Å². The molecule has 2 unspecified atom stereocenters. The number of allylic oxidation sites excluding steroid dienone is 1. The number of benzene rings is 1. The zero-order valence-corrected chi connectivity index (χ0v) is 34.8. The molecule has 0 radical (unpaired) electrons. The number of anilines is 4. The Morgan fingerprint density at radius 2 is 1.88 bits per heavy atom. The van der Waals surface area contributed by atoms with E-state index >= 15 is 0 Å². The van der Waals surface area contributed by atoms with Crippen molar-refractivity contribution in [3.05, 3.63) is 58.9 Å². The summed E-state index contributed by atoms with van der Waals surface area (Å²) in [7, 11) is 5.84. The van der Waals surface area contributed by atoms with Crippen LogP contribution in [0.4, 0.5) is 22.6 Å². The molecule has 2 bridgehead atoms. The average Bonchev–Trinajstić information content (AvgIpc) is 3.77. The minimum atomic E-state index is -1.13. The molecule has 4 aromatic rings. The lowest BCUT2D eigenvalue weighted by Crippen LogP contribution is -2.82. The van der Waals surface area contributed by atoms with Gasteiger partial charge in [0.25, 0.3) is 0 Å². The van der Waals surface area contributed by atoms with Crippen LogP contribution in [0.3, 0.4) is 0 Å². The number of hydrogen-bond donors (Lipinski definition) is 3. The Morgan fingerprint density at radius 1 is 1.11 bits per heavy atom. The van der Waals surface area contributed by atoms with Crippen LogP contribution in [0.25, 0.3) is 15.8 Å². The quantitative estimate of drug-likeness (QED) is 0.115. The van der Waals surface area contributed by atoms with Gasteiger partial charge >= 0.3 is 5.97 Å². The number of carboxylic acids is 1. The van der Waals surface area contributed by atoms with Gasteiger partial charge in [0.05, 0.1) is 29.5 Å². The van der Waals surface area contributed by atoms with Gasteiger partial charge in [0, 0.05) is 65.3 Å². The van der Waals surface area contributed by atoms with E-state index in [4.69, 9.17) is 30.2 Å². The van der Waals surface area contributed by atoms with Crippen molar-refractivity contribution in [2.45, 2.75) is 78.2 Å². The number of aromatic carboxylic acids is 1. The van der Waals surface area contributed by atoms with Gasteiger partial charge in [-0.3, -0.25) is 4.99 Å². The smallest absolute Gasteiger partial charge is 0.355 e. The van der Waals surface area contributed by atoms with E-state index in [2.05, 4.69) is 48.4 Å². The third kappa shape index (κ3) is 5.53. The van der Waals surface area contributed by atoms with Crippen molar-refractivity contribution < 1.29 is 19.4 Å². The van der Waals surface area contributed by atoms with Crippen LogP contribution in [0.15, 0.2) is 41.5 Å². The average molecular weight is 792 g/mol. The fourth-order valence-corrected chi connectivity index (χ4v) is 13.5. The first-order valence-corrected chi connectivity index (χ1v) is 20.8. The van der Waals surface area contributed by atoms with Gasteiger partial charge in [0.15, 0.2) is 22.5 Å². The number of fused-ring (bicyclic) bond motifs is 3. The maximum atomic E-state index is 12.9. The normalized spacial score (nSPS) is 29.9. The fourth-order valence-electron chi connectivity index (χ4n) is 12.6. The van der Waals surface area contributed by atoms with Gasteiger partial charge in [0.2, 0.25) is 0 Å². The van der Waals surface area contributed by atoms with E-state index < -0.39 is 5.97 Å². The second-order valence-corrected chi connectivity index (χ2v) is 19.1. The number of nitrogens with one attached hydrogen (secondary N) is 1. The standard InChI is InChI=1S/C43H53N9O4S/c1-25-28-9-8-14-52(36(28)50-49-35(25)48-38-46-31-17-27(55-7)10-12-32(31)57-38)33-13-11-29(34(47-33)37(53)54)30(18-44)26(2)45-24-41-19-39(3)21-42(56-16-15-51(5)6)22-40(4,20-41)43(39,42)23-41/h10-13,17-18H,8-9,14-16,19-24,44H2,1-7H3,(H,53,54)(H,46,48,49). The van der Waals surface area contributed by atoms with Crippen molar-refractivity contribution >= 4 is 61.4 Å². The van der Waals surface area contributed by atoms with E-state index in [9.17, 15) is 9.90 Å². The zero-order chi connectivity index (χ0) is 40.1. The van der Waals surface area contributed by atoms with Gasteiger partial charge in [0.1, 0.15) is 11.6 Å². The van der Waals surface area contributed by atoms with E-state index in [1.165, 1.54) is 17.5 Å². The van der Waals surface area contributed by atoms with E-state index in [0.29, 0.717) is 46.8 Å². The van der Waals surface area contributed by atoms with Crippen LogP contribution in [0.1, 0.15) is 86.5 Å². The molecule has 300 valence electrons. The summed E-state index contributed by atoms with van der Waals surface area (Å²) in [4.78, 5) is 31.7. The maximum Gasteiger partial charge on any atom is 0.355 e. The lowest BCUT2D eigenvalue weighted by molar-refractivity contribution is -0.396. The number of thiazole rings is 1. The molecule has 5 aliphatic rings. The summed E-state index contributed by atoms with van der Waals surface area (Å²) in [6, 6.07) is 9.48. The first-order valence-electron chi connectivity index (χ1n) is 20.0. The molecule has 1 aromatic carbocycles. The Balaban J connectivity index is 0.945. The highest BCUT2D eigenvalue weighted by Gasteiger charge is 2.93. The Kier molecular flexibility index (Phi) is 8.76. The van der Waals surface area contributed by atoms with Crippen molar-refractivity contribution in [3.63, 3.8) is 0 Å². The van der Waals surface area contributed by atoms with E-state index in [1.807, 2.05) is 43.0 Å². The number of nitrogens with two attached hydrogens (primary N) is 1. The minimum Gasteiger partial charge on any atom is -0.497 e.